The Balaban J connectivity index is 1.45. The second-order valence-electron chi connectivity index (χ2n) is 10.6. The molecule has 0 saturated carbocycles. The van der Waals surface area contributed by atoms with E-state index in [-0.39, 0.29) is 55.4 Å². The number of alkyl halides is 2. The van der Waals surface area contributed by atoms with Crippen LogP contribution in [-0.2, 0) is 29.1 Å². The van der Waals surface area contributed by atoms with Crippen molar-refractivity contribution in [2.75, 3.05) is 19.6 Å². The van der Waals surface area contributed by atoms with E-state index in [4.69, 9.17) is 4.74 Å². The lowest BCUT2D eigenvalue weighted by molar-refractivity contribution is -0.287. The third-order valence-electron chi connectivity index (χ3n) is 7.34. The molecule has 2 atom stereocenters. The molecule has 11 nitrogen and oxygen atoms in total. The van der Waals surface area contributed by atoms with Crippen LogP contribution in [0.4, 0.5) is 13.6 Å². The van der Waals surface area contributed by atoms with Crippen LogP contribution < -0.4 is 25.4 Å². The van der Waals surface area contributed by atoms with Gasteiger partial charge < -0.3 is 40.3 Å². The quantitative estimate of drug-likeness (QED) is 0.191. The molecule has 236 valence electrons. The number of nitrogens with zero attached hydrogens (tertiary/aromatic N) is 2. The highest BCUT2D eigenvalue weighted by Crippen LogP contribution is 2.43. The van der Waals surface area contributed by atoms with Gasteiger partial charge in [-0.15, -0.1) is 15.4 Å². The van der Waals surface area contributed by atoms with Crippen LogP contribution in [0.25, 0.3) is 0 Å². The fraction of sp³-hybridized carbons (Fsp3) is 0.281. The summed E-state index contributed by atoms with van der Waals surface area (Å²) in [5.74, 6) is -1.24. The Labute approximate surface area is 258 Å². The lowest BCUT2D eigenvalue weighted by Gasteiger charge is -2.46. The predicted molar refractivity (Wildman–Crippen MR) is 159 cm³/mol. The number of piperazine rings is 1. The number of rotatable bonds is 11. The van der Waals surface area contributed by atoms with Gasteiger partial charge in [-0.2, -0.15) is 0 Å². The standard InChI is InChI=1S/C32H33F2N5O6/c1-2-15-35-18-28(41)39-25(16-21-11-13-24(40)14-12-21)30(42)38(19-23-9-6-10-26-29(23)45-32(33,34)44-26)20-27(39)37-31(43)36-17-22-7-4-3-5-8-22/h2-14,25,27,35,40H,1,15-20H2,(H2,36,37,43)/t25-,27+/m0/s1. The second-order valence-corrected chi connectivity index (χ2v) is 10.6. The van der Waals surface area contributed by atoms with E-state index in [0.29, 0.717) is 12.1 Å². The molecule has 3 aromatic carbocycles. The number of urea groups is 1. The Bertz CT molecular complexity index is 1540. The zero-order valence-corrected chi connectivity index (χ0v) is 24.2. The Morgan fingerprint density at radius 1 is 1.02 bits per heavy atom. The Hall–Kier alpha value is -5.17. The number of aromatic hydroxyl groups is 1. The van der Waals surface area contributed by atoms with E-state index >= 15 is 0 Å². The summed E-state index contributed by atoms with van der Waals surface area (Å²) in [6.45, 7) is 3.76. The van der Waals surface area contributed by atoms with Crippen molar-refractivity contribution in [2.45, 2.75) is 38.0 Å². The molecule has 0 aromatic heterocycles. The summed E-state index contributed by atoms with van der Waals surface area (Å²) in [6, 6.07) is 18.2. The van der Waals surface area contributed by atoms with Crippen molar-refractivity contribution in [2.24, 2.45) is 0 Å². The number of phenolic OH excluding ortho intramolecular Hbond substituents is 1. The largest absolute Gasteiger partial charge is 0.586 e. The lowest BCUT2D eigenvalue weighted by Crippen LogP contribution is -2.69. The molecular weight excluding hydrogens is 588 g/mol. The molecule has 0 bridgehead atoms. The fourth-order valence-electron chi connectivity index (χ4n) is 5.29. The monoisotopic (exact) mass is 621 g/mol. The smallest absolute Gasteiger partial charge is 0.508 e. The number of ether oxygens (including phenoxy) is 2. The number of benzene rings is 3. The number of carbonyl (C=O) groups is 3. The summed E-state index contributed by atoms with van der Waals surface area (Å²) in [6.07, 6.45) is -3.20. The fourth-order valence-corrected chi connectivity index (χ4v) is 5.29. The molecule has 4 N–H and O–H groups in total. The average molecular weight is 622 g/mol. The molecule has 2 aliphatic heterocycles. The molecule has 0 unspecified atom stereocenters. The van der Waals surface area contributed by atoms with E-state index in [0.717, 1.165) is 5.56 Å². The minimum atomic E-state index is -3.85. The first-order valence-electron chi connectivity index (χ1n) is 14.3. The predicted octanol–water partition coefficient (Wildman–Crippen LogP) is 3.10. The van der Waals surface area contributed by atoms with Gasteiger partial charge in [0.2, 0.25) is 11.8 Å². The summed E-state index contributed by atoms with van der Waals surface area (Å²) in [7, 11) is 0. The molecule has 3 aromatic rings. The maximum absolute atomic E-state index is 14.1. The summed E-state index contributed by atoms with van der Waals surface area (Å²) >= 11 is 0. The van der Waals surface area contributed by atoms with Gasteiger partial charge in [-0.25, -0.2) is 4.79 Å². The van der Waals surface area contributed by atoms with Gasteiger partial charge in [-0.1, -0.05) is 60.7 Å². The zero-order chi connectivity index (χ0) is 32.0. The van der Waals surface area contributed by atoms with Crippen molar-refractivity contribution in [3.8, 4) is 17.2 Å². The molecule has 0 radical (unpaired) electrons. The number of nitrogens with one attached hydrogen (secondary N) is 3. The van der Waals surface area contributed by atoms with Crippen LogP contribution >= 0.6 is 0 Å². The third kappa shape index (κ3) is 7.68. The number of fused-ring (bicyclic) bond motifs is 1. The normalized spacial score (nSPS) is 18.4. The van der Waals surface area contributed by atoms with E-state index in [9.17, 15) is 28.3 Å². The minimum Gasteiger partial charge on any atom is -0.508 e. The van der Waals surface area contributed by atoms with E-state index in [1.807, 2.05) is 30.3 Å². The molecule has 2 aliphatic rings. The average Bonchev–Trinajstić information content (AvgIpc) is 3.35. The minimum absolute atomic E-state index is 0.0310. The molecule has 4 amide bonds. The number of hydrogen-bond donors (Lipinski definition) is 4. The van der Waals surface area contributed by atoms with Crippen LogP contribution in [-0.4, -0.2) is 70.9 Å². The SMILES string of the molecule is C=CCNCC(=O)N1[C@@H](NC(=O)NCc2ccccc2)CN(Cc2cccc3c2OC(F)(F)O3)C(=O)[C@@H]1Cc1ccc(O)cc1. The Morgan fingerprint density at radius 2 is 1.78 bits per heavy atom. The van der Waals surface area contributed by atoms with Gasteiger partial charge in [0.1, 0.15) is 18.0 Å². The highest BCUT2D eigenvalue weighted by Gasteiger charge is 2.46. The Kier molecular flexibility index (Phi) is 9.48. The van der Waals surface area contributed by atoms with Crippen LogP contribution in [0.3, 0.4) is 0 Å². The van der Waals surface area contributed by atoms with E-state index < -0.39 is 36.3 Å². The number of amides is 4. The van der Waals surface area contributed by atoms with Gasteiger partial charge in [-0.05, 0) is 29.3 Å². The van der Waals surface area contributed by atoms with Gasteiger partial charge in [0.15, 0.2) is 11.5 Å². The van der Waals surface area contributed by atoms with Crippen molar-refractivity contribution in [3.63, 3.8) is 0 Å². The van der Waals surface area contributed by atoms with Gasteiger partial charge in [0.05, 0.1) is 13.1 Å². The zero-order valence-electron chi connectivity index (χ0n) is 24.2. The van der Waals surface area contributed by atoms with Crippen LogP contribution in [0, 0.1) is 0 Å². The molecule has 2 heterocycles. The van der Waals surface area contributed by atoms with Crippen LogP contribution in [0.15, 0.2) is 85.5 Å². The van der Waals surface area contributed by atoms with Crippen molar-refractivity contribution in [3.05, 3.63) is 102 Å². The molecule has 0 spiro atoms. The summed E-state index contributed by atoms with van der Waals surface area (Å²) in [5.41, 5.74) is 1.77. The van der Waals surface area contributed by atoms with Crippen LogP contribution in [0.1, 0.15) is 16.7 Å². The lowest BCUT2D eigenvalue weighted by atomic mass is 9.99. The van der Waals surface area contributed by atoms with Gasteiger partial charge in [0.25, 0.3) is 0 Å². The molecule has 5 rings (SSSR count). The van der Waals surface area contributed by atoms with Crippen molar-refractivity contribution in [1.29, 1.82) is 0 Å². The van der Waals surface area contributed by atoms with E-state index in [1.54, 1.807) is 18.2 Å². The number of halogens is 2. The first-order valence-corrected chi connectivity index (χ1v) is 14.3. The summed E-state index contributed by atoms with van der Waals surface area (Å²) in [5, 5.41) is 18.3. The van der Waals surface area contributed by atoms with E-state index in [1.165, 1.54) is 40.1 Å². The van der Waals surface area contributed by atoms with Gasteiger partial charge in [0, 0.05) is 31.6 Å². The molecule has 1 fully saturated rings. The van der Waals surface area contributed by atoms with Crippen molar-refractivity contribution in [1.82, 2.24) is 25.8 Å². The third-order valence-corrected chi connectivity index (χ3v) is 7.34. The number of hydrogen-bond acceptors (Lipinski definition) is 7. The maximum Gasteiger partial charge on any atom is 0.586 e. The van der Waals surface area contributed by atoms with Gasteiger partial charge >= 0.3 is 12.3 Å². The molecule has 13 heteroatoms. The second kappa shape index (κ2) is 13.6. The first kappa shape index (κ1) is 31.3. The van der Waals surface area contributed by atoms with Gasteiger partial charge in [-0.3, -0.25) is 9.59 Å². The van der Waals surface area contributed by atoms with Crippen LogP contribution in [0.2, 0.25) is 0 Å². The van der Waals surface area contributed by atoms with Crippen molar-refractivity contribution < 1.29 is 37.7 Å². The summed E-state index contributed by atoms with van der Waals surface area (Å²) < 4.78 is 37.2. The van der Waals surface area contributed by atoms with Crippen LogP contribution in [0.5, 0.6) is 17.2 Å². The molecule has 45 heavy (non-hydrogen) atoms. The number of phenols is 1. The highest BCUT2D eigenvalue weighted by atomic mass is 19.3. The molecular formula is C32H33F2N5O6. The number of para-hydroxylation sites is 1. The number of carbonyl (C=O) groups excluding carboxylic acids is 3. The topological polar surface area (TPSA) is 132 Å². The summed E-state index contributed by atoms with van der Waals surface area (Å²) in [4.78, 5) is 43.7. The Morgan fingerprint density at radius 3 is 2.51 bits per heavy atom. The van der Waals surface area contributed by atoms with Crippen molar-refractivity contribution >= 4 is 17.8 Å². The highest BCUT2D eigenvalue weighted by molar-refractivity contribution is 5.91. The molecule has 0 aliphatic carbocycles. The maximum atomic E-state index is 14.1. The first-order chi connectivity index (χ1) is 21.6. The van der Waals surface area contributed by atoms with E-state index in [2.05, 4.69) is 27.3 Å². The molecule has 1 saturated heterocycles.